The van der Waals surface area contributed by atoms with Crippen molar-refractivity contribution in [2.45, 2.75) is 35.6 Å². The Kier molecular flexibility index (Phi) is 4.92. The Balaban J connectivity index is 1.99. The molecule has 4 rings (SSSR count). The predicted molar refractivity (Wildman–Crippen MR) is 99.1 cm³/mol. The first-order chi connectivity index (χ1) is 14.4. The molecule has 0 bridgehead atoms. The highest BCUT2D eigenvalue weighted by atomic mass is 32.2. The maximum atomic E-state index is 15.0. The number of alkyl halides is 3. The highest BCUT2D eigenvalue weighted by Crippen LogP contribution is 2.57. The molecule has 166 valence electrons. The fourth-order valence-corrected chi connectivity index (χ4v) is 7.10. The topological polar surface area (TPSA) is 60.4 Å². The van der Waals surface area contributed by atoms with Crippen LogP contribution in [0.3, 0.4) is 0 Å². The van der Waals surface area contributed by atoms with E-state index in [9.17, 15) is 30.8 Å². The van der Waals surface area contributed by atoms with Gasteiger partial charge >= 0.3 is 6.18 Å². The van der Waals surface area contributed by atoms with Gasteiger partial charge in [0.1, 0.15) is 16.3 Å². The number of Topliss-reactive ketones (excluding diaryl/α,β-unsaturated/α-hetero) is 1. The number of ketones is 1. The van der Waals surface area contributed by atoms with Gasteiger partial charge in [-0.2, -0.15) is 13.2 Å². The van der Waals surface area contributed by atoms with Crippen LogP contribution in [0.2, 0.25) is 0 Å². The van der Waals surface area contributed by atoms with E-state index in [-0.39, 0.29) is 25.2 Å². The Bertz CT molecular complexity index is 1160. The van der Waals surface area contributed by atoms with Gasteiger partial charge in [0.05, 0.1) is 22.6 Å². The molecule has 1 saturated carbocycles. The van der Waals surface area contributed by atoms with Crippen molar-refractivity contribution in [3.63, 3.8) is 0 Å². The number of ether oxygens (including phenoxy) is 1. The number of fused-ring (bicyclic) bond motifs is 3. The Labute approximate surface area is 174 Å². The summed E-state index contributed by atoms with van der Waals surface area (Å²) in [5.74, 6) is -4.64. The summed E-state index contributed by atoms with van der Waals surface area (Å²) >= 11 is 0. The lowest BCUT2D eigenvalue weighted by molar-refractivity contribution is -0.137. The van der Waals surface area contributed by atoms with Crippen LogP contribution in [0, 0.1) is 23.5 Å². The SMILES string of the molecule is C[C@H]1C(=O)CC[C@]2(S(=O)(=O)c3ccc(C(F)(F)F)cc3)c3c(F)ccc(F)c3OC[C@H]12. The summed E-state index contributed by atoms with van der Waals surface area (Å²) in [5.41, 5.74) is -1.56. The van der Waals surface area contributed by atoms with Crippen LogP contribution in [0.15, 0.2) is 41.3 Å². The van der Waals surface area contributed by atoms with E-state index < -0.39 is 66.0 Å². The van der Waals surface area contributed by atoms with E-state index in [1.165, 1.54) is 6.92 Å². The van der Waals surface area contributed by atoms with Gasteiger partial charge in [-0.1, -0.05) is 6.92 Å². The maximum Gasteiger partial charge on any atom is 0.416 e. The first-order valence-corrected chi connectivity index (χ1v) is 11.0. The summed E-state index contributed by atoms with van der Waals surface area (Å²) in [6, 6.07) is 4.44. The van der Waals surface area contributed by atoms with E-state index in [4.69, 9.17) is 4.74 Å². The summed E-state index contributed by atoms with van der Waals surface area (Å²) in [6.07, 6.45) is -5.21. The highest BCUT2D eigenvalue weighted by molar-refractivity contribution is 7.92. The molecule has 0 N–H and O–H groups in total. The first-order valence-electron chi connectivity index (χ1n) is 9.47. The second kappa shape index (κ2) is 7.01. The lowest BCUT2D eigenvalue weighted by Crippen LogP contribution is -2.55. The van der Waals surface area contributed by atoms with Gasteiger partial charge < -0.3 is 4.74 Å². The number of hydrogen-bond acceptors (Lipinski definition) is 4. The summed E-state index contributed by atoms with van der Waals surface area (Å²) in [4.78, 5) is 11.9. The van der Waals surface area contributed by atoms with Crippen molar-refractivity contribution < 1.29 is 39.9 Å². The molecule has 31 heavy (non-hydrogen) atoms. The third-order valence-corrected chi connectivity index (χ3v) is 8.88. The zero-order chi connectivity index (χ0) is 22.8. The number of hydrogen-bond donors (Lipinski definition) is 0. The second-order valence-corrected chi connectivity index (χ2v) is 10.0. The van der Waals surface area contributed by atoms with E-state index in [0.29, 0.717) is 12.1 Å². The van der Waals surface area contributed by atoms with E-state index in [1.807, 2.05) is 0 Å². The Morgan fingerprint density at radius 1 is 1.03 bits per heavy atom. The number of sulfone groups is 1. The van der Waals surface area contributed by atoms with Crippen molar-refractivity contribution in [1.82, 2.24) is 0 Å². The van der Waals surface area contributed by atoms with Crippen molar-refractivity contribution in [2.24, 2.45) is 11.8 Å². The van der Waals surface area contributed by atoms with Crippen LogP contribution >= 0.6 is 0 Å². The number of carbonyl (C=O) groups excluding carboxylic acids is 1. The van der Waals surface area contributed by atoms with Crippen molar-refractivity contribution >= 4 is 15.6 Å². The van der Waals surface area contributed by atoms with Crippen LogP contribution in [0.1, 0.15) is 30.9 Å². The summed E-state index contributed by atoms with van der Waals surface area (Å²) in [5, 5.41) is 0. The fraction of sp³-hybridized carbons (Fsp3) is 0.381. The molecule has 2 aromatic carbocycles. The monoisotopic (exact) mass is 460 g/mol. The Morgan fingerprint density at radius 3 is 2.26 bits per heavy atom. The van der Waals surface area contributed by atoms with Crippen molar-refractivity contribution in [1.29, 1.82) is 0 Å². The number of carbonyl (C=O) groups is 1. The Hall–Kier alpha value is -2.49. The molecule has 4 nitrogen and oxygen atoms in total. The zero-order valence-electron chi connectivity index (χ0n) is 16.2. The zero-order valence-corrected chi connectivity index (χ0v) is 17.0. The molecule has 0 saturated heterocycles. The minimum Gasteiger partial charge on any atom is -0.490 e. The number of halogens is 5. The molecule has 0 aromatic heterocycles. The molecule has 1 aliphatic heterocycles. The minimum atomic E-state index is -4.67. The fourth-order valence-electron chi connectivity index (χ4n) is 4.68. The normalized spacial score (nSPS) is 26.1. The average molecular weight is 460 g/mol. The van der Waals surface area contributed by atoms with Crippen LogP contribution in [-0.2, 0) is 25.6 Å². The van der Waals surface area contributed by atoms with Gasteiger partial charge in [0.15, 0.2) is 21.4 Å². The number of benzene rings is 2. The van der Waals surface area contributed by atoms with Gasteiger partial charge in [-0.3, -0.25) is 4.79 Å². The lowest BCUT2D eigenvalue weighted by atomic mass is 9.67. The molecule has 0 unspecified atom stereocenters. The van der Waals surface area contributed by atoms with Crippen LogP contribution < -0.4 is 4.74 Å². The van der Waals surface area contributed by atoms with E-state index >= 15 is 4.39 Å². The van der Waals surface area contributed by atoms with E-state index in [2.05, 4.69) is 0 Å². The van der Waals surface area contributed by atoms with Crippen LogP contribution in [-0.4, -0.2) is 20.8 Å². The average Bonchev–Trinajstić information content (AvgIpc) is 2.72. The molecule has 2 aromatic rings. The van der Waals surface area contributed by atoms with Crippen molar-refractivity contribution in [3.05, 3.63) is 59.2 Å². The number of rotatable bonds is 2. The summed E-state index contributed by atoms with van der Waals surface area (Å²) in [7, 11) is -4.56. The minimum absolute atomic E-state index is 0.201. The molecule has 10 heteroatoms. The largest absolute Gasteiger partial charge is 0.490 e. The van der Waals surface area contributed by atoms with E-state index in [1.54, 1.807) is 0 Å². The summed E-state index contributed by atoms with van der Waals surface area (Å²) in [6.45, 7) is 1.15. The first kappa shape index (κ1) is 21.7. The van der Waals surface area contributed by atoms with Gasteiger partial charge in [0.25, 0.3) is 0 Å². The van der Waals surface area contributed by atoms with Gasteiger partial charge in [-0.05, 0) is 42.8 Å². The summed E-state index contributed by atoms with van der Waals surface area (Å²) < 4.78 is 99.3. The standard InChI is InChI=1S/C21H17F5O4S/c1-11-14-10-30-19-16(23)7-6-15(22)18(19)20(14,9-8-17(11)27)31(28,29)13-4-2-12(3-5-13)21(24,25)26/h2-7,11,14H,8-10H2,1H3/t11-,14-,20-/m1/s1. The molecule has 0 amide bonds. The van der Waals surface area contributed by atoms with Crippen LogP contribution in [0.4, 0.5) is 22.0 Å². The van der Waals surface area contributed by atoms with Gasteiger partial charge in [0.2, 0.25) is 0 Å². The van der Waals surface area contributed by atoms with Gasteiger partial charge in [-0.25, -0.2) is 17.2 Å². The lowest BCUT2D eigenvalue weighted by Gasteiger charge is -2.49. The second-order valence-electron chi connectivity index (χ2n) is 7.82. The molecule has 1 heterocycles. The molecule has 3 atom stereocenters. The quantitative estimate of drug-likeness (QED) is 0.612. The third kappa shape index (κ3) is 3.06. The highest BCUT2D eigenvalue weighted by Gasteiger charge is 2.61. The molecule has 1 fully saturated rings. The molecule has 2 aliphatic rings. The van der Waals surface area contributed by atoms with Crippen molar-refractivity contribution in [3.8, 4) is 5.75 Å². The predicted octanol–water partition coefficient (Wildman–Crippen LogP) is 4.66. The smallest absolute Gasteiger partial charge is 0.416 e. The maximum absolute atomic E-state index is 15.0. The van der Waals surface area contributed by atoms with Gasteiger partial charge in [0, 0.05) is 18.3 Å². The molecular formula is C21H17F5O4S. The van der Waals surface area contributed by atoms with E-state index in [0.717, 1.165) is 24.3 Å². The van der Waals surface area contributed by atoms with Crippen LogP contribution in [0.25, 0.3) is 0 Å². The molecule has 0 radical (unpaired) electrons. The van der Waals surface area contributed by atoms with Crippen LogP contribution in [0.5, 0.6) is 5.75 Å². The Morgan fingerprint density at radius 2 is 1.65 bits per heavy atom. The molecule has 0 spiro atoms. The van der Waals surface area contributed by atoms with Gasteiger partial charge in [-0.15, -0.1) is 0 Å². The third-order valence-electron chi connectivity index (χ3n) is 6.31. The van der Waals surface area contributed by atoms with Crippen molar-refractivity contribution in [2.75, 3.05) is 6.61 Å². The molecule has 1 aliphatic carbocycles. The molecular weight excluding hydrogens is 443 g/mol.